The van der Waals surface area contributed by atoms with Gasteiger partial charge in [0.2, 0.25) is 0 Å². The van der Waals surface area contributed by atoms with E-state index in [9.17, 15) is 9.18 Å². The van der Waals surface area contributed by atoms with Crippen LogP contribution in [-0.4, -0.2) is 17.3 Å². The third kappa shape index (κ3) is 2.73. The highest BCUT2D eigenvalue weighted by molar-refractivity contribution is 7.98. The van der Waals surface area contributed by atoms with Crippen LogP contribution in [0.25, 0.3) is 0 Å². The van der Waals surface area contributed by atoms with E-state index in [2.05, 4.69) is 0 Å². The Morgan fingerprint density at radius 3 is 2.85 bits per heavy atom. The van der Waals surface area contributed by atoms with Gasteiger partial charge >= 0.3 is 5.97 Å². The molecule has 0 heterocycles. The normalized spacial score (nSPS) is 10.0. The number of carboxylic acid groups (broad SMARTS) is 1. The van der Waals surface area contributed by atoms with Crippen LogP contribution in [0.15, 0.2) is 23.1 Å². The van der Waals surface area contributed by atoms with E-state index in [0.29, 0.717) is 0 Å². The van der Waals surface area contributed by atoms with Crippen LogP contribution in [0.3, 0.4) is 0 Å². The second kappa shape index (κ2) is 4.28. The molecule has 1 aromatic rings. The molecule has 0 radical (unpaired) electrons. The van der Waals surface area contributed by atoms with Crippen molar-refractivity contribution in [1.29, 1.82) is 0 Å². The van der Waals surface area contributed by atoms with E-state index in [1.54, 1.807) is 12.1 Å². The summed E-state index contributed by atoms with van der Waals surface area (Å²) in [6.45, 7) is 0. The van der Waals surface area contributed by atoms with E-state index < -0.39 is 11.8 Å². The minimum absolute atomic E-state index is 0.236. The maximum absolute atomic E-state index is 13.0. The first kappa shape index (κ1) is 10.1. The molecule has 0 fully saturated rings. The van der Waals surface area contributed by atoms with Crippen molar-refractivity contribution in [3.63, 3.8) is 0 Å². The van der Waals surface area contributed by atoms with Gasteiger partial charge in [-0.25, -0.2) is 4.39 Å². The molecule has 0 amide bonds. The van der Waals surface area contributed by atoms with Crippen LogP contribution in [0.2, 0.25) is 0 Å². The number of rotatable bonds is 3. The Kier molecular flexibility index (Phi) is 3.31. The molecular formula is C9H9FO2S. The van der Waals surface area contributed by atoms with Crippen LogP contribution in [0.5, 0.6) is 0 Å². The predicted octanol–water partition coefficient (Wildman–Crippen LogP) is 2.17. The lowest BCUT2D eigenvalue weighted by molar-refractivity contribution is -0.136. The fourth-order valence-corrected chi connectivity index (χ4v) is 1.44. The molecule has 0 aromatic heterocycles. The molecule has 0 aliphatic heterocycles. The van der Waals surface area contributed by atoms with Crippen molar-refractivity contribution < 1.29 is 14.3 Å². The van der Waals surface area contributed by atoms with Crippen molar-refractivity contribution in [3.8, 4) is 0 Å². The summed E-state index contributed by atoms with van der Waals surface area (Å²) in [7, 11) is 0. The molecule has 0 atom stereocenters. The van der Waals surface area contributed by atoms with Crippen molar-refractivity contribution in [2.75, 3.05) is 6.26 Å². The lowest BCUT2D eigenvalue weighted by atomic mass is 10.1. The van der Waals surface area contributed by atoms with Crippen LogP contribution >= 0.6 is 11.8 Å². The largest absolute Gasteiger partial charge is 0.481 e. The first-order valence-electron chi connectivity index (χ1n) is 3.67. The summed E-state index contributed by atoms with van der Waals surface area (Å²) in [6, 6.07) is 4.49. The highest BCUT2D eigenvalue weighted by Gasteiger charge is 2.07. The smallest absolute Gasteiger partial charge is 0.307 e. The van der Waals surface area contributed by atoms with Crippen LogP contribution in [0.1, 0.15) is 5.56 Å². The van der Waals surface area contributed by atoms with Gasteiger partial charge in [0.15, 0.2) is 0 Å². The molecule has 1 aromatic carbocycles. The van der Waals surface area contributed by atoms with Gasteiger partial charge in [-0.2, -0.15) is 0 Å². The molecule has 0 saturated carbocycles. The fraction of sp³-hybridized carbons (Fsp3) is 0.222. The van der Waals surface area contributed by atoms with Crippen molar-refractivity contribution >= 4 is 17.7 Å². The molecule has 1 rings (SSSR count). The molecule has 70 valence electrons. The number of carboxylic acids is 1. The zero-order chi connectivity index (χ0) is 9.84. The second-order valence-corrected chi connectivity index (χ2v) is 3.41. The first-order valence-corrected chi connectivity index (χ1v) is 4.90. The van der Waals surface area contributed by atoms with Crippen molar-refractivity contribution in [2.45, 2.75) is 11.3 Å². The lowest BCUT2D eigenvalue weighted by Crippen LogP contribution is -2.02. The highest BCUT2D eigenvalue weighted by Crippen LogP contribution is 2.18. The van der Waals surface area contributed by atoms with Gasteiger partial charge in [0, 0.05) is 10.5 Å². The van der Waals surface area contributed by atoms with E-state index in [1.807, 2.05) is 6.26 Å². The molecule has 0 aliphatic rings. The minimum Gasteiger partial charge on any atom is -0.481 e. The summed E-state index contributed by atoms with van der Waals surface area (Å²) >= 11 is 1.46. The maximum Gasteiger partial charge on any atom is 0.307 e. The Labute approximate surface area is 79.8 Å². The monoisotopic (exact) mass is 200 g/mol. The number of hydrogen-bond donors (Lipinski definition) is 1. The van der Waals surface area contributed by atoms with Gasteiger partial charge in [0.05, 0.1) is 6.42 Å². The second-order valence-electron chi connectivity index (χ2n) is 2.53. The predicted molar refractivity (Wildman–Crippen MR) is 49.5 cm³/mol. The first-order chi connectivity index (χ1) is 6.13. The average Bonchev–Trinajstić information content (AvgIpc) is 2.08. The number of benzene rings is 1. The Morgan fingerprint density at radius 1 is 1.62 bits per heavy atom. The molecular weight excluding hydrogens is 191 g/mol. The van der Waals surface area contributed by atoms with Gasteiger partial charge < -0.3 is 5.11 Å². The van der Waals surface area contributed by atoms with Crippen LogP contribution in [0.4, 0.5) is 4.39 Å². The van der Waals surface area contributed by atoms with Crippen LogP contribution in [0, 0.1) is 5.82 Å². The summed E-state index contributed by atoms with van der Waals surface area (Å²) < 4.78 is 13.0. The zero-order valence-electron chi connectivity index (χ0n) is 7.08. The SMILES string of the molecule is CSc1ccc(F)c(CC(=O)O)c1. The molecule has 0 aliphatic carbocycles. The molecule has 0 bridgehead atoms. The van der Waals surface area contributed by atoms with Crippen molar-refractivity contribution in [1.82, 2.24) is 0 Å². The van der Waals surface area contributed by atoms with Crippen LogP contribution in [-0.2, 0) is 11.2 Å². The van der Waals surface area contributed by atoms with Crippen molar-refractivity contribution in [3.05, 3.63) is 29.6 Å². The lowest BCUT2D eigenvalue weighted by Gasteiger charge is -2.01. The Morgan fingerprint density at radius 2 is 2.31 bits per heavy atom. The number of hydrogen-bond acceptors (Lipinski definition) is 2. The Hall–Kier alpha value is -1.03. The van der Waals surface area contributed by atoms with Crippen molar-refractivity contribution in [2.24, 2.45) is 0 Å². The van der Waals surface area contributed by atoms with Gasteiger partial charge in [-0.05, 0) is 24.5 Å². The summed E-state index contributed by atoms with van der Waals surface area (Å²) in [5.74, 6) is -1.47. The van der Waals surface area contributed by atoms with Gasteiger partial charge in [-0.15, -0.1) is 11.8 Å². The molecule has 2 nitrogen and oxygen atoms in total. The third-order valence-corrected chi connectivity index (χ3v) is 2.32. The van der Waals surface area contributed by atoms with Gasteiger partial charge in [0.1, 0.15) is 5.82 Å². The molecule has 1 N–H and O–H groups in total. The van der Waals surface area contributed by atoms with E-state index in [4.69, 9.17) is 5.11 Å². The summed E-state index contributed by atoms with van der Waals surface area (Å²) in [5.41, 5.74) is 0.236. The average molecular weight is 200 g/mol. The van der Waals surface area contributed by atoms with Gasteiger partial charge in [-0.3, -0.25) is 4.79 Å². The zero-order valence-corrected chi connectivity index (χ0v) is 7.90. The van der Waals surface area contributed by atoms with E-state index in [0.717, 1.165) is 4.90 Å². The Balaban J connectivity index is 2.96. The minimum atomic E-state index is -1.02. The molecule has 0 spiro atoms. The van der Waals surface area contributed by atoms with E-state index in [-0.39, 0.29) is 12.0 Å². The maximum atomic E-state index is 13.0. The molecule has 0 saturated heterocycles. The Bertz CT molecular complexity index is 325. The highest BCUT2D eigenvalue weighted by atomic mass is 32.2. The summed E-state index contributed by atoms with van der Waals surface area (Å²) in [6.07, 6.45) is 1.60. The fourth-order valence-electron chi connectivity index (χ4n) is 0.976. The molecule has 13 heavy (non-hydrogen) atoms. The number of carbonyl (C=O) groups is 1. The summed E-state index contributed by atoms with van der Waals surface area (Å²) in [5, 5.41) is 8.48. The standard InChI is InChI=1S/C9H9FO2S/c1-13-7-2-3-8(10)6(4-7)5-9(11)12/h2-4H,5H2,1H3,(H,11,12). The van der Waals surface area contributed by atoms with Gasteiger partial charge in [0.25, 0.3) is 0 Å². The topological polar surface area (TPSA) is 37.3 Å². The summed E-state index contributed by atoms with van der Waals surface area (Å²) in [4.78, 5) is 11.2. The number of halogens is 1. The quantitative estimate of drug-likeness (QED) is 0.760. The van der Waals surface area contributed by atoms with E-state index >= 15 is 0 Å². The van der Waals surface area contributed by atoms with Gasteiger partial charge in [-0.1, -0.05) is 0 Å². The van der Waals surface area contributed by atoms with Crippen LogP contribution < -0.4 is 0 Å². The third-order valence-electron chi connectivity index (χ3n) is 1.59. The molecule has 0 unspecified atom stereocenters. The molecule has 4 heteroatoms. The number of thioether (sulfide) groups is 1. The number of aliphatic carboxylic acids is 1. The van der Waals surface area contributed by atoms with E-state index in [1.165, 1.54) is 17.8 Å².